The standard InChI is InChI=1S/C18H11I2N3O6S/c19-12-3-9(4-13(20)17(12)29-8-16(24)25)7-21-22-18(26)15-6-10-5-11(23(27)28)1-2-14(10)30-15/h1-7H,8H2,(H,22,26)(H,24,25)/b21-7-. The Bertz CT molecular complexity index is 1170. The van der Waals surface area contributed by atoms with E-state index in [0.29, 0.717) is 28.7 Å². The molecule has 3 rings (SSSR count). The third kappa shape index (κ3) is 5.42. The fraction of sp³-hybridized carbons (Fsp3) is 0.0556. The third-order valence-electron chi connectivity index (χ3n) is 3.67. The number of hydrazone groups is 1. The first-order chi connectivity index (χ1) is 14.2. The Morgan fingerprint density at radius 1 is 1.23 bits per heavy atom. The molecular formula is C18H11I2N3O6S. The van der Waals surface area contributed by atoms with E-state index in [0.717, 1.165) is 4.70 Å². The average molecular weight is 651 g/mol. The number of carbonyl (C=O) groups is 2. The number of aliphatic carboxylic acids is 1. The molecule has 0 unspecified atom stereocenters. The van der Waals surface area contributed by atoms with Crippen molar-refractivity contribution in [2.45, 2.75) is 0 Å². The number of nitro benzene ring substituents is 1. The SMILES string of the molecule is O=C(O)COc1c(I)cc(/C=N\NC(=O)c2cc3cc([N+](=O)[O-])ccc3s2)cc1I. The Kier molecular flexibility index (Phi) is 7.19. The lowest BCUT2D eigenvalue weighted by Crippen LogP contribution is -2.16. The Morgan fingerprint density at radius 3 is 2.57 bits per heavy atom. The van der Waals surface area contributed by atoms with Gasteiger partial charge in [-0.25, -0.2) is 10.2 Å². The molecule has 9 nitrogen and oxygen atoms in total. The summed E-state index contributed by atoms with van der Waals surface area (Å²) in [6, 6.07) is 9.49. The summed E-state index contributed by atoms with van der Waals surface area (Å²) in [6.45, 7) is -0.437. The van der Waals surface area contributed by atoms with Gasteiger partial charge in [0.25, 0.3) is 11.6 Å². The predicted octanol–water partition coefficient (Wildman–Crippen LogP) is 4.25. The fourth-order valence-electron chi connectivity index (χ4n) is 2.40. The van der Waals surface area contributed by atoms with Gasteiger partial charge < -0.3 is 9.84 Å². The molecule has 1 aromatic heterocycles. The zero-order valence-electron chi connectivity index (χ0n) is 14.8. The van der Waals surface area contributed by atoms with Gasteiger partial charge in [0.15, 0.2) is 6.61 Å². The highest BCUT2D eigenvalue weighted by Gasteiger charge is 2.13. The van der Waals surface area contributed by atoms with E-state index in [-0.39, 0.29) is 5.69 Å². The summed E-state index contributed by atoms with van der Waals surface area (Å²) in [4.78, 5) is 33.8. The van der Waals surface area contributed by atoms with Crippen LogP contribution in [0.2, 0.25) is 0 Å². The second-order valence-corrected chi connectivity index (χ2v) is 9.19. The largest absolute Gasteiger partial charge is 0.480 e. The second-order valence-electron chi connectivity index (χ2n) is 5.79. The summed E-state index contributed by atoms with van der Waals surface area (Å²) in [7, 11) is 0. The minimum atomic E-state index is -1.06. The van der Waals surface area contributed by atoms with Crippen molar-refractivity contribution in [2.24, 2.45) is 5.10 Å². The Morgan fingerprint density at radius 2 is 1.93 bits per heavy atom. The Hall–Kier alpha value is -2.33. The van der Waals surface area contributed by atoms with E-state index in [2.05, 4.69) is 10.5 Å². The molecular weight excluding hydrogens is 640 g/mol. The summed E-state index contributed by atoms with van der Waals surface area (Å²) in [6.07, 6.45) is 1.46. The van der Waals surface area contributed by atoms with Crippen molar-refractivity contribution in [1.29, 1.82) is 0 Å². The van der Waals surface area contributed by atoms with E-state index < -0.39 is 23.4 Å². The van der Waals surface area contributed by atoms with Crippen LogP contribution in [-0.2, 0) is 4.79 Å². The molecule has 2 aromatic carbocycles. The molecule has 1 amide bonds. The van der Waals surface area contributed by atoms with Crippen molar-refractivity contribution in [3.8, 4) is 5.75 Å². The highest BCUT2D eigenvalue weighted by atomic mass is 127. The number of nitrogens with zero attached hydrogens (tertiary/aromatic N) is 2. The van der Waals surface area contributed by atoms with Gasteiger partial charge in [-0.05, 0) is 75.0 Å². The van der Waals surface area contributed by atoms with Crippen molar-refractivity contribution in [3.63, 3.8) is 0 Å². The number of benzene rings is 2. The van der Waals surface area contributed by atoms with E-state index in [1.54, 1.807) is 24.3 Å². The van der Waals surface area contributed by atoms with Gasteiger partial charge in [0.1, 0.15) is 5.75 Å². The molecule has 0 bridgehead atoms. The molecule has 0 atom stereocenters. The number of halogens is 2. The van der Waals surface area contributed by atoms with Crippen LogP contribution >= 0.6 is 56.5 Å². The number of nitro groups is 1. The van der Waals surface area contributed by atoms with E-state index in [1.807, 2.05) is 45.2 Å². The predicted molar refractivity (Wildman–Crippen MR) is 129 cm³/mol. The van der Waals surface area contributed by atoms with Crippen LogP contribution in [0.15, 0.2) is 41.5 Å². The molecule has 0 spiro atoms. The highest BCUT2D eigenvalue weighted by molar-refractivity contribution is 14.1. The molecule has 3 aromatic rings. The molecule has 30 heavy (non-hydrogen) atoms. The van der Waals surface area contributed by atoms with Gasteiger partial charge in [-0.2, -0.15) is 5.10 Å². The molecule has 0 saturated carbocycles. The quantitative estimate of drug-likeness (QED) is 0.170. The van der Waals surface area contributed by atoms with Gasteiger partial charge in [0.05, 0.1) is 23.2 Å². The number of thiophene rings is 1. The van der Waals surface area contributed by atoms with Crippen molar-refractivity contribution >= 4 is 90.4 Å². The third-order valence-corrected chi connectivity index (χ3v) is 6.39. The number of hydrogen-bond donors (Lipinski definition) is 2. The van der Waals surface area contributed by atoms with Crippen LogP contribution < -0.4 is 10.2 Å². The average Bonchev–Trinajstić information content (AvgIpc) is 3.10. The summed E-state index contributed by atoms with van der Waals surface area (Å²) >= 11 is 5.27. The summed E-state index contributed by atoms with van der Waals surface area (Å²) < 4.78 is 7.44. The smallest absolute Gasteiger partial charge is 0.341 e. The number of nitrogens with one attached hydrogen (secondary N) is 1. The van der Waals surface area contributed by atoms with Crippen molar-refractivity contribution in [1.82, 2.24) is 5.43 Å². The topological polar surface area (TPSA) is 131 Å². The van der Waals surface area contributed by atoms with Crippen LogP contribution in [0.25, 0.3) is 10.1 Å². The fourth-order valence-corrected chi connectivity index (χ4v) is 5.46. The van der Waals surface area contributed by atoms with Crippen LogP contribution in [0.3, 0.4) is 0 Å². The lowest BCUT2D eigenvalue weighted by Gasteiger charge is -2.09. The number of non-ortho nitro benzene ring substituents is 1. The lowest BCUT2D eigenvalue weighted by atomic mass is 10.2. The van der Waals surface area contributed by atoms with Crippen LogP contribution in [0, 0.1) is 17.3 Å². The van der Waals surface area contributed by atoms with E-state index in [4.69, 9.17) is 9.84 Å². The molecule has 1 heterocycles. The van der Waals surface area contributed by atoms with Gasteiger partial charge in [0.2, 0.25) is 0 Å². The van der Waals surface area contributed by atoms with Gasteiger partial charge in [-0.15, -0.1) is 11.3 Å². The Labute approximate surface area is 200 Å². The van der Waals surface area contributed by atoms with Crippen LogP contribution in [0.1, 0.15) is 15.2 Å². The first kappa shape index (κ1) is 22.4. The van der Waals surface area contributed by atoms with Crippen LogP contribution in [0.5, 0.6) is 5.75 Å². The molecule has 2 N–H and O–H groups in total. The minimum absolute atomic E-state index is 0.0368. The molecule has 154 valence electrons. The van der Waals surface area contributed by atoms with Crippen molar-refractivity contribution in [3.05, 3.63) is 64.1 Å². The molecule has 0 aliphatic rings. The van der Waals surface area contributed by atoms with E-state index in [1.165, 1.54) is 29.7 Å². The van der Waals surface area contributed by atoms with Crippen molar-refractivity contribution < 1.29 is 24.4 Å². The van der Waals surface area contributed by atoms with Crippen molar-refractivity contribution in [2.75, 3.05) is 6.61 Å². The van der Waals surface area contributed by atoms with Gasteiger partial charge in [0, 0.05) is 22.2 Å². The normalized spacial score (nSPS) is 11.0. The number of amides is 1. The summed E-state index contributed by atoms with van der Waals surface area (Å²) in [5.74, 6) is -1.02. The zero-order chi connectivity index (χ0) is 21.8. The lowest BCUT2D eigenvalue weighted by molar-refractivity contribution is -0.384. The maximum atomic E-state index is 12.3. The minimum Gasteiger partial charge on any atom is -0.480 e. The maximum absolute atomic E-state index is 12.3. The number of fused-ring (bicyclic) bond motifs is 1. The van der Waals surface area contributed by atoms with Gasteiger partial charge >= 0.3 is 5.97 Å². The number of carboxylic acid groups (broad SMARTS) is 1. The summed E-state index contributed by atoms with van der Waals surface area (Å²) in [5.41, 5.74) is 3.09. The first-order valence-electron chi connectivity index (χ1n) is 8.09. The number of carboxylic acids is 1. The van der Waals surface area contributed by atoms with Crippen LogP contribution in [0.4, 0.5) is 5.69 Å². The molecule has 0 radical (unpaired) electrons. The second kappa shape index (κ2) is 9.65. The Balaban J connectivity index is 1.70. The summed E-state index contributed by atoms with van der Waals surface area (Å²) in [5, 5.41) is 24.2. The highest BCUT2D eigenvalue weighted by Crippen LogP contribution is 2.30. The molecule has 0 saturated heterocycles. The number of hydrogen-bond acceptors (Lipinski definition) is 7. The van der Waals surface area contributed by atoms with E-state index >= 15 is 0 Å². The monoisotopic (exact) mass is 651 g/mol. The molecule has 0 aliphatic carbocycles. The number of rotatable bonds is 7. The number of carbonyl (C=O) groups excluding carboxylic acids is 1. The zero-order valence-corrected chi connectivity index (χ0v) is 19.9. The molecule has 0 fully saturated rings. The maximum Gasteiger partial charge on any atom is 0.341 e. The van der Waals surface area contributed by atoms with E-state index in [9.17, 15) is 19.7 Å². The van der Waals surface area contributed by atoms with Gasteiger partial charge in [-0.3, -0.25) is 14.9 Å². The van der Waals surface area contributed by atoms with Crippen LogP contribution in [-0.4, -0.2) is 34.7 Å². The number of ether oxygens (including phenoxy) is 1. The molecule has 12 heteroatoms. The van der Waals surface area contributed by atoms with Gasteiger partial charge in [-0.1, -0.05) is 0 Å². The molecule has 0 aliphatic heterocycles. The first-order valence-corrected chi connectivity index (χ1v) is 11.1.